The number of amides is 1. The lowest BCUT2D eigenvalue weighted by Crippen LogP contribution is -2.33. The molecule has 2 atom stereocenters. The third-order valence-electron chi connectivity index (χ3n) is 4.50. The summed E-state index contributed by atoms with van der Waals surface area (Å²) in [5.41, 5.74) is 5.27. The Kier molecular flexibility index (Phi) is 6.53. The molecule has 0 saturated carbocycles. The van der Waals surface area contributed by atoms with E-state index in [1.807, 2.05) is 31.2 Å². The molecule has 5 nitrogen and oxygen atoms in total. The van der Waals surface area contributed by atoms with Crippen molar-refractivity contribution in [2.45, 2.75) is 46.5 Å². The Bertz CT molecular complexity index is 608. The van der Waals surface area contributed by atoms with E-state index in [9.17, 15) is 4.79 Å². The van der Waals surface area contributed by atoms with Crippen molar-refractivity contribution < 1.29 is 9.53 Å². The van der Waals surface area contributed by atoms with Crippen molar-refractivity contribution in [2.24, 2.45) is 16.9 Å². The maximum atomic E-state index is 11.4. The smallest absolute Gasteiger partial charge is 0.243 e. The van der Waals surface area contributed by atoms with E-state index in [-0.39, 0.29) is 11.8 Å². The average molecular weight is 329 g/mol. The number of benzene rings is 1. The van der Waals surface area contributed by atoms with Crippen molar-refractivity contribution in [3.05, 3.63) is 29.8 Å². The number of ether oxygens (including phenoxy) is 1. The first-order chi connectivity index (χ1) is 11.5. The third-order valence-corrected chi connectivity index (χ3v) is 4.50. The lowest BCUT2D eigenvalue weighted by Gasteiger charge is -2.18. The Balaban J connectivity index is 1.80. The van der Waals surface area contributed by atoms with Gasteiger partial charge in [0.1, 0.15) is 5.75 Å². The number of nitrogens with one attached hydrogen (secondary N) is 2. The molecule has 1 amide bonds. The first-order valence-corrected chi connectivity index (χ1v) is 8.68. The van der Waals surface area contributed by atoms with E-state index < -0.39 is 0 Å². The van der Waals surface area contributed by atoms with Gasteiger partial charge in [-0.2, -0.15) is 5.10 Å². The largest absolute Gasteiger partial charge is 0.494 e. The van der Waals surface area contributed by atoms with Crippen LogP contribution in [0.2, 0.25) is 0 Å². The zero-order chi connectivity index (χ0) is 17.5. The molecule has 1 aliphatic rings. The van der Waals surface area contributed by atoms with E-state index in [4.69, 9.17) is 10.1 Å². The molecule has 130 valence electrons. The highest BCUT2D eigenvalue weighted by Crippen LogP contribution is 2.18. The number of hydrogen-bond acceptors (Lipinski definition) is 4. The summed E-state index contributed by atoms with van der Waals surface area (Å²) < 4.78 is 5.74. The van der Waals surface area contributed by atoms with E-state index in [1.54, 1.807) is 0 Å². The van der Waals surface area contributed by atoms with Gasteiger partial charge in [0, 0.05) is 18.1 Å². The Morgan fingerprint density at radius 3 is 2.75 bits per heavy atom. The molecule has 0 aromatic heterocycles. The monoisotopic (exact) mass is 329 g/mol. The molecule has 0 saturated heterocycles. The van der Waals surface area contributed by atoms with Crippen molar-refractivity contribution in [3.8, 4) is 5.75 Å². The molecule has 1 aromatic rings. The highest BCUT2D eigenvalue weighted by atomic mass is 16.5. The molecule has 0 aliphatic carbocycles. The second-order valence-electron chi connectivity index (χ2n) is 6.45. The Labute approximate surface area is 144 Å². The lowest BCUT2D eigenvalue weighted by atomic mass is 9.97. The normalized spacial score (nSPS) is 18.5. The molecule has 0 fully saturated rings. The second kappa shape index (κ2) is 8.62. The summed E-state index contributed by atoms with van der Waals surface area (Å²) in [6.45, 7) is 6.73. The molecule has 1 aromatic carbocycles. The highest BCUT2D eigenvalue weighted by Gasteiger charge is 2.21. The van der Waals surface area contributed by atoms with Gasteiger partial charge in [-0.25, -0.2) is 5.43 Å². The number of rotatable bonds is 8. The zero-order valence-corrected chi connectivity index (χ0v) is 14.8. The van der Waals surface area contributed by atoms with Crippen molar-refractivity contribution >= 4 is 17.3 Å². The van der Waals surface area contributed by atoms with Crippen molar-refractivity contribution in [2.75, 3.05) is 6.61 Å². The Hall–Kier alpha value is -2.17. The van der Waals surface area contributed by atoms with E-state index in [2.05, 4.69) is 24.4 Å². The van der Waals surface area contributed by atoms with E-state index >= 15 is 0 Å². The summed E-state index contributed by atoms with van der Waals surface area (Å²) >= 11 is 0. The van der Waals surface area contributed by atoms with Gasteiger partial charge in [-0.15, -0.1) is 0 Å². The molecule has 2 N–H and O–H groups in total. The Morgan fingerprint density at radius 1 is 1.42 bits per heavy atom. The van der Waals surface area contributed by atoms with Crippen LogP contribution in [0.4, 0.5) is 0 Å². The lowest BCUT2D eigenvalue weighted by molar-refractivity contribution is -0.124. The summed E-state index contributed by atoms with van der Waals surface area (Å²) in [6, 6.07) is 7.80. The summed E-state index contributed by atoms with van der Waals surface area (Å²) in [4.78, 5) is 11.4. The van der Waals surface area contributed by atoms with Gasteiger partial charge in [-0.05, 0) is 55.0 Å². The molecule has 5 heteroatoms. The molecule has 1 unspecified atom stereocenters. The fourth-order valence-corrected chi connectivity index (χ4v) is 2.53. The van der Waals surface area contributed by atoms with Crippen LogP contribution in [0.1, 0.15) is 52.0 Å². The van der Waals surface area contributed by atoms with Crippen LogP contribution in [0.15, 0.2) is 29.4 Å². The minimum Gasteiger partial charge on any atom is -0.494 e. The number of carbonyl (C=O) groups excluding carboxylic acids is 1. The van der Waals surface area contributed by atoms with E-state index in [1.165, 1.54) is 0 Å². The minimum atomic E-state index is -0.0470. The zero-order valence-electron chi connectivity index (χ0n) is 14.8. The molecule has 0 radical (unpaired) electrons. The summed E-state index contributed by atoms with van der Waals surface area (Å²) in [5.74, 6) is 1.11. The second-order valence-corrected chi connectivity index (χ2v) is 6.45. The summed E-state index contributed by atoms with van der Waals surface area (Å²) in [7, 11) is 0. The van der Waals surface area contributed by atoms with Crippen LogP contribution in [0.25, 0.3) is 0 Å². The Morgan fingerprint density at radius 2 is 2.12 bits per heavy atom. The fraction of sp³-hybridized carbons (Fsp3) is 0.526. The number of nitrogens with zero attached hydrogens (tertiary/aromatic N) is 1. The van der Waals surface area contributed by atoms with Gasteiger partial charge in [-0.3, -0.25) is 4.79 Å². The van der Waals surface area contributed by atoms with Gasteiger partial charge in [0.2, 0.25) is 5.91 Å². The number of carbonyl (C=O) groups is 1. The van der Waals surface area contributed by atoms with Crippen LogP contribution in [0, 0.1) is 17.2 Å². The maximum Gasteiger partial charge on any atom is 0.243 e. The number of hydrazone groups is 1. The fourth-order valence-electron chi connectivity index (χ4n) is 2.53. The molecule has 2 rings (SSSR count). The van der Waals surface area contributed by atoms with Crippen molar-refractivity contribution in [1.82, 2.24) is 5.43 Å². The molecule has 24 heavy (non-hydrogen) atoms. The van der Waals surface area contributed by atoms with Crippen LogP contribution in [0.3, 0.4) is 0 Å². The molecule has 1 aliphatic heterocycles. The van der Waals surface area contributed by atoms with Gasteiger partial charge >= 0.3 is 0 Å². The van der Waals surface area contributed by atoms with Gasteiger partial charge in [-0.1, -0.05) is 20.8 Å². The maximum absolute atomic E-state index is 11.4. The van der Waals surface area contributed by atoms with E-state index in [0.717, 1.165) is 42.0 Å². The van der Waals surface area contributed by atoms with Crippen molar-refractivity contribution in [3.63, 3.8) is 0 Å². The van der Waals surface area contributed by atoms with Crippen LogP contribution >= 0.6 is 0 Å². The topological polar surface area (TPSA) is 74.5 Å². The van der Waals surface area contributed by atoms with Gasteiger partial charge in [0.15, 0.2) is 0 Å². The third kappa shape index (κ3) is 4.91. The van der Waals surface area contributed by atoms with E-state index in [0.29, 0.717) is 18.9 Å². The van der Waals surface area contributed by atoms with Crippen LogP contribution < -0.4 is 10.2 Å². The summed E-state index contributed by atoms with van der Waals surface area (Å²) in [5, 5.41) is 12.1. The standard InChI is InChI=1S/C19H27N3O2/c1-4-13(2)17(20)6-5-11-24-16-9-7-15(8-10-16)18-12-14(3)19(23)22-21-18/h7-10,13-14,20H,4-6,11-12H2,1-3H3,(H,22,23)/t13-,14?/m1/s1. The van der Waals surface area contributed by atoms with Crippen LogP contribution in [-0.4, -0.2) is 23.9 Å². The predicted octanol–water partition coefficient (Wildman–Crippen LogP) is 3.77. The SMILES string of the molecule is CC[C@@H](C)C(=N)CCCOc1ccc(C2=NNC(=O)C(C)C2)cc1. The van der Waals surface area contributed by atoms with Crippen molar-refractivity contribution in [1.29, 1.82) is 5.41 Å². The molecule has 0 spiro atoms. The first-order valence-electron chi connectivity index (χ1n) is 8.68. The molecule has 1 heterocycles. The molecule has 0 bridgehead atoms. The molecular formula is C19H27N3O2. The van der Waals surface area contributed by atoms with Gasteiger partial charge < -0.3 is 10.1 Å². The van der Waals surface area contributed by atoms with Gasteiger partial charge in [0.05, 0.1) is 12.3 Å². The number of hydrogen-bond donors (Lipinski definition) is 2. The quantitative estimate of drug-likeness (QED) is 0.563. The predicted molar refractivity (Wildman–Crippen MR) is 96.8 cm³/mol. The van der Waals surface area contributed by atoms with Crippen LogP contribution in [-0.2, 0) is 4.79 Å². The molecular weight excluding hydrogens is 302 g/mol. The summed E-state index contributed by atoms with van der Waals surface area (Å²) in [6.07, 6.45) is 3.33. The van der Waals surface area contributed by atoms with Gasteiger partial charge in [0.25, 0.3) is 0 Å². The first kappa shape index (κ1) is 18.2. The minimum absolute atomic E-state index is 0.0262. The van der Waals surface area contributed by atoms with Crippen LogP contribution in [0.5, 0.6) is 5.75 Å². The highest BCUT2D eigenvalue weighted by molar-refractivity contribution is 6.04. The average Bonchev–Trinajstić information content (AvgIpc) is 2.60.